The first-order valence-corrected chi connectivity index (χ1v) is 10.3. The van der Waals surface area contributed by atoms with E-state index in [2.05, 4.69) is 5.32 Å². The molecule has 1 N–H and O–H groups in total. The Labute approximate surface area is 180 Å². The Balaban J connectivity index is 1.56. The Morgan fingerprint density at radius 3 is 2.81 bits per heavy atom. The molecule has 2 bridgehead atoms. The lowest BCUT2D eigenvalue weighted by molar-refractivity contribution is -0.141. The number of hydrogen-bond acceptors (Lipinski definition) is 5. The van der Waals surface area contributed by atoms with Gasteiger partial charge >= 0.3 is 12.3 Å². The van der Waals surface area contributed by atoms with Crippen LogP contribution in [0.2, 0.25) is 5.02 Å². The van der Waals surface area contributed by atoms with Gasteiger partial charge in [-0.2, -0.15) is 13.2 Å². The molecule has 11 heteroatoms. The van der Waals surface area contributed by atoms with Gasteiger partial charge in [0.1, 0.15) is 6.23 Å². The van der Waals surface area contributed by atoms with Gasteiger partial charge in [-0.05, 0) is 25.1 Å². The van der Waals surface area contributed by atoms with Gasteiger partial charge in [0.25, 0.3) is 0 Å². The van der Waals surface area contributed by atoms with E-state index in [1.54, 1.807) is 6.92 Å². The van der Waals surface area contributed by atoms with Crippen molar-refractivity contribution in [2.45, 2.75) is 49.4 Å². The highest BCUT2D eigenvalue weighted by Gasteiger charge is 2.78. The number of anilines is 1. The molecule has 0 aromatic heterocycles. The van der Waals surface area contributed by atoms with E-state index in [1.165, 1.54) is 18.1 Å². The number of halogens is 4. The fourth-order valence-corrected chi connectivity index (χ4v) is 6.13. The van der Waals surface area contributed by atoms with Crippen LogP contribution in [0.15, 0.2) is 18.2 Å². The number of amides is 2. The van der Waals surface area contributed by atoms with Gasteiger partial charge in [-0.1, -0.05) is 11.6 Å². The van der Waals surface area contributed by atoms with Gasteiger partial charge in [0, 0.05) is 24.4 Å². The molecule has 1 aromatic carbocycles. The van der Waals surface area contributed by atoms with Crippen molar-refractivity contribution in [1.82, 2.24) is 5.32 Å². The maximum atomic E-state index is 13.6. The van der Waals surface area contributed by atoms with Crippen molar-refractivity contribution in [3.63, 3.8) is 0 Å². The monoisotopic (exact) mass is 460 g/mol. The van der Waals surface area contributed by atoms with Crippen molar-refractivity contribution >= 4 is 29.3 Å². The molecule has 2 amide bonds. The first-order valence-electron chi connectivity index (χ1n) is 9.88. The van der Waals surface area contributed by atoms with Crippen LogP contribution in [0.4, 0.5) is 23.7 Å². The zero-order valence-corrected chi connectivity index (χ0v) is 17.4. The standard InChI is InChI=1S/C20H20ClF3N2O5/c1-18-12(25-17(28)29-2)8-19(31-18)5-6-30-16-14(19)13(18)15(27)26(16)9-3-4-11(21)10(7-9)20(22,23)24/h3-4,7,12-14,16H,5-6,8H2,1-2H3,(H,25,28)/t12-,13+,14-,16-,18-,19-/m0/s1. The van der Waals surface area contributed by atoms with Crippen molar-refractivity contribution in [2.24, 2.45) is 11.8 Å². The molecule has 4 heterocycles. The van der Waals surface area contributed by atoms with Gasteiger partial charge in [0.05, 0.1) is 47.5 Å². The van der Waals surface area contributed by atoms with Crippen molar-refractivity contribution in [3.8, 4) is 0 Å². The van der Waals surface area contributed by atoms with E-state index >= 15 is 0 Å². The zero-order valence-electron chi connectivity index (χ0n) is 16.7. The van der Waals surface area contributed by atoms with Crippen LogP contribution in [0, 0.1) is 11.8 Å². The van der Waals surface area contributed by atoms with Gasteiger partial charge in [0.15, 0.2) is 0 Å². The van der Waals surface area contributed by atoms with E-state index in [0.717, 1.165) is 12.1 Å². The largest absolute Gasteiger partial charge is 0.453 e. The second-order valence-corrected chi connectivity index (χ2v) is 9.04. The van der Waals surface area contributed by atoms with Crippen LogP contribution in [0.25, 0.3) is 0 Å². The van der Waals surface area contributed by atoms with E-state index in [-0.39, 0.29) is 18.2 Å². The summed E-state index contributed by atoms with van der Waals surface area (Å²) in [6.07, 6.45) is -5.06. The Morgan fingerprint density at radius 1 is 1.39 bits per heavy atom. The van der Waals surface area contributed by atoms with E-state index in [9.17, 15) is 22.8 Å². The molecule has 31 heavy (non-hydrogen) atoms. The van der Waals surface area contributed by atoms with Crippen molar-refractivity contribution in [3.05, 3.63) is 28.8 Å². The second kappa shape index (κ2) is 6.49. The summed E-state index contributed by atoms with van der Waals surface area (Å²) in [5, 5.41) is 2.32. The highest BCUT2D eigenvalue weighted by atomic mass is 35.5. The van der Waals surface area contributed by atoms with Crippen LogP contribution in [0.1, 0.15) is 25.3 Å². The summed E-state index contributed by atoms with van der Waals surface area (Å²) in [6.45, 7) is 2.03. The third-order valence-electron chi connectivity index (χ3n) is 7.14. The van der Waals surface area contributed by atoms with Crippen LogP contribution in [0.3, 0.4) is 0 Å². The Morgan fingerprint density at radius 2 is 2.13 bits per heavy atom. The predicted molar refractivity (Wildman–Crippen MR) is 101 cm³/mol. The van der Waals surface area contributed by atoms with E-state index in [0.29, 0.717) is 12.8 Å². The quantitative estimate of drug-likeness (QED) is 0.732. The molecule has 4 fully saturated rings. The van der Waals surface area contributed by atoms with Crippen molar-refractivity contribution in [2.75, 3.05) is 18.6 Å². The highest BCUT2D eigenvalue weighted by molar-refractivity contribution is 6.31. The minimum atomic E-state index is -4.66. The normalized spacial score (nSPS) is 38.4. The van der Waals surface area contributed by atoms with E-state index in [4.69, 9.17) is 25.8 Å². The molecule has 0 radical (unpaired) electrons. The molecule has 5 rings (SSSR count). The molecule has 4 saturated heterocycles. The number of alkyl halides is 3. The molecule has 168 valence electrons. The minimum Gasteiger partial charge on any atom is -0.453 e. The van der Waals surface area contributed by atoms with Gasteiger partial charge < -0.3 is 19.5 Å². The smallest absolute Gasteiger partial charge is 0.417 e. The van der Waals surface area contributed by atoms with Gasteiger partial charge in [-0.25, -0.2) is 4.79 Å². The summed E-state index contributed by atoms with van der Waals surface area (Å²) in [5.74, 6) is -1.44. The number of hydrogen-bond donors (Lipinski definition) is 1. The van der Waals surface area contributed by atoms with Crippen LogP contribution in [-0.4, -0.2) is 49.2 Å². The molecule has 0 saturated carbocycles. The van der Waals surface area contributed by atoms with Crippen molar-refractivity contribution in [1.29, 1.82) is 0 Å². The molecule has 0 unspecified atom stereocenters. The topological polar surface area (TPSA) is 77.1 Å². The van der Waals surface area contributed by atoms with E-state index < -0.39 is 58.2 Å². The molecule has 0 aliphatic carbocycles. The van der Waals surface area contributed by atoms with Gasteiger partial charge in [-0.3, -0.25) is 9.69 Å². The molecule has 6 atom stereocenters. The summed E-state index contributed by atoms with van der Waals surface area (Å²) < 4.78 is 57.2. The third kappa shape index (κ3) is 2.74. The van der Waals surface area contributed by atoms with Gasteiger partial charge in [0.2, 0.25) is 5.91 Å². The summed E-state index contributed by atoms with van der Waals surface area (Å²) in [6, 6.07) is 2.92. The first-order chi connectivity index (χ1) is 14.5. The van der Waals surface area contributed by atoms with Crippen LogP contribution >= 0.6 is 11.6 Å². The summed E-state index contributed by atoms with van der Waals surface area (Å²) >= 11 is 5.76. The number of carbonyl (C=O) groups excluding carboxylic acids is 2. The predicted octanol–water partition coefficient (Wildman–Crippen LogP) is 3.34. The molecule has 1 spiro atoms. The number of nitrogens with one attached hydrogen (secondary N) is 1. The molecular weight excluding hydrogens is 441 g/mol. The maximum absolute atomic E-state index is 13.6. The summed E-state index contributed by atoms with van der Waals surface area (Å²) in [7, 11) is 1.25. The highest BCUT2D eigenvalue weighted by Crippen LogP contribution is 2.65. The average molecular weight is 461 g/mol. The molecular formula is C20H20ClF3N2O5. The fraction of sp³-hybridized carbons (Fsp3) is 0.600. The Kier molecular flexibility index (Phi) is 4.36. The molecule has 1 aromatic rings. The number of carbonyl (C=O) groups is 2. The average Bonchev–Trinajstić information content (AvgIpc) is 3.25. The SMILES string of the molecule is COC(=O)N[C@H]1C[C@@]23CCO[C@H]4[C@@H]2[C@H](C(=O)N4c2ccc(Cl)c(C(F)(F)F)c2)[C@@]1(C)O3. The molecule has 7 nitrogen and oxygen atoms in total. The van der Waals surface area contributed by atoms with E-state index in [1.807, 2.05) is 0 Å². The van der Waals surface area contributed by atoms with Crippen LogP contribution in [0.5, 0.6) is 0 Å². The zero-order chi connectivity index (χ0) is 22.3. The lowest BCUT2D eigenvalue weighted by Gasteiger charge is -2.42. The number of benzene rings is 1. The second-order valence-electron chi connectivity index (χ2n) is 8.63. The summed E-state index contributed by atoms with van der Waals surface area (Å²) in [5.41, 5.74) is -2.69. The van der Waals surface area contributed by atoms with Crippen LogP contribution < -0.4 is 10.2 Å². The molecule has 4 aliphatic heterocycles. The number of nitrogens with zero attached hydrogens (tertiary/aromatic N) is 1. The fourth-order valence-electron chi connectivity index (χ4n) is 5.90. The number of methoxy groups -OCH3 is 1. The van der Waals surface area contributed by atoms with Crippen LogP contribution in [-0.2, 0) is 25.2 Å². The van der Waals surface area contributed by atoms with Gasteiger partial charge in [-0.15, -0.1) is 0 Å². The maximum Gasteiger partial charge on any atom is 0.417 e. The third-order valence-corrected chi connectivity index (χ3v) is 7.47. The number of fused-ring (bicyclic) bond motifs is 2. The molecule has 4 aliphatic rings. The number of ether oxygens (including phenoxy) is 3. The number of rotatable bonds is 2. The number of alkyl carbamates (subject to hydrolysis) is 1. The Hall–Kier alpha value is -2.04. The summed E-state index contributed by atoms with van der Waals surface area (Å²) in [4.78, 5) is 26.7. The first kappa shape index (κ1) is 20.8. The lowest BCUT2D eigenvalue weighted by Crippen LogP contribution is -2.57. The van der Waals surface area contributed by atoms with Crippen molar-refractivity contribution < 1.29 is 37.0 Å². The Bertz CT molecular complexity index is 975. The minimum absolute atomic E-state index is 0.0682. The lowest BCUT2D eigenvalue weighted by atomic mass is 9.64.